The van der Waals surface area contributed by atoms with Crippen molar-refractivity contribution in [1.29, 1.82) is 0 Å². The van der Waals surface area contributed by atoms with E-state index in [0.29, 0.717) is 6.61 Å². The van der Waals surface area contributed by atoms with E-state index in [-0.39, 0.29) is 18.6 Å². The van der Waals surface area contributed by atoms with Crippen molar-refractivity contribution < 1.29 is 14.3 Å². The molecule has 0 aliphatic carbocycles. The van der Waals surface area contributed by atoms with Crippen LogP contribution in [0.15, 0.2) is 48.8 Å². The average molecular weight is 393 g/mol. The van der Waals surface area contributed by atoms with Gasteiger partial charge in [-0.15, -0.1) is 0 Å². The zero-order valence-electron chi connectivity index (χ0n) is 17.0. The van der Waals surface area contributed by atoms with Gasteiger partial charge in [-0.05, 0) is 43.7 Å². The van der Waals surface area contributed by atoms with Crippen LogP contribution in [0.3, 0.4) is 0 Å². The van der Waals surface area contributed by atoms with Gasteiger partial charge in [0.05, 0.1) is 0 Å². The molecule has 2 aromatic heterocycles. The number of likely N-dealkylation sites (tertiary alicyclic amines) is 1. The molecule has 0 radical (unpaired) electrons. The maximum absolute atomic E-state index is 12.0. The third-order valence-corrected chi connectivity index (χ3v) is 5.51. The molecule has 1 saturated heterocycles. The summed E-state index contributed by atoms with van der Waals surface area (Å²) in [5, 5.41) is 0. The number of hydrogen-bond acceptors (Lipinski definition) is 4. The summed E-state index contributed by atoms with van der Waals surface area (Å²) in [6.07, 6.45) is 5.63. The number of benzene rings is 1. The maximum Gasteiger partial charge on any atom is 0.248 e. The molecular weight excluding hydrogens is 366 g/mol. The summed E-state index contributed by atoms with van der Waals surface area (Å²) in [6.45, 7) is 6.19. The molecule has 1 amide bonds. The second-order valence-corrected chi connectivity index (χ2v) is 7.35. The Bertz CT molecular complexity index is 973. The van der Waals surface area contributed by atoms with Gasteiger partial charge in [-0.25, -0.2) is 4.98 Å². The van der Waals surface area contributed by atoms with Crippen LogP contribution in [-0.4, -0.2) is 52.6 Å². The fourth-order valence-electron chi connectivity index (χ4n) is 3.84. The molecule has 0 saturated carbocycles. The zero-order chi connectivity index (χ0) is 20.2. The Morgan fingerprint density at radius 2 is 1.90 bits per heavy atom. The molecule has 0 spiro atoms. The molecule has 3 aromatic rings. The van der Waals surface area contributed by atoms with Gasteiger partial charge in [-0.1, -0.05) is 12.1 Å². The summed E-state index contributed by atoms with van der Waals surface area (Å²) >= 11 is 0. The highest BCUT2D eigenvalue weighted by atomic mass is 16.5. The lowest BCUT2D eigenvalue weighted by atomic mass is 10.0. The number of hydrogen-bond donors (Lipinski definition) is 0. The minimum absolute atomic E-state index is 0.0693. The number of piperidine rings is 1. The summed E-state index contributed by atoms with van der Waals surface area (Å²) in [6, 6.07) is 12.4. The van der Waals surface area contributed by atoms with Crippen LogP contribution in [0.1, 0.15) is 25.5 Å². The average Bonchev–Trinajstić information content (AvgIpc) is 3.23. The Balaban J connectivity index is 1.36. The number of ether oxygens (including phenoxy) is 2. The summed E-state index contributed by atoms with van der Waals surface area (Å²) in [7, 11) is 0. The van der Waals surface area contributed by atoms with Crippen LogP contribution >= 0.6 is 0 Å². The number of aromatic nitrogens is 2. The van der Waals surface area contributed by atoms with Gasteiger partial charge in [0.1, 0.15) is 24.1 Å². The molecule has 1 aromatic carbocycles. The number of nitrogens with zero attached hydrogens (tertiary/aromatic N) is 3. The van der Waals surface area contributed by atoms with Gasteiger partial charge in [0.25, 0.3) is 0 Å². The molecule has 3 heterocycles. The number of pyridine rings is 1. The second kappa shape index (κ2) is 8.66. The normalized spacial score (nSPS) is 15.0. The van der Waals surface area contributed by atoms with Crippen molar-refractivity contribution in [1.82, 2.24) is 14.3 Å². The van der Waals surface area contributed by atoms with Crippen LogP contribution in [0.25, 0.3) is 16.8 Å². The van der Waals surface area contributed by atoms with Crippen molar-refractivity contribution in [3.63, 3.8) is 0 Å². The molecule has 1 fully saturated rings. The Kier molecular flexibility index (Phi) is 5.81. The first-order chi connectivity index (χ1) is 14.2. The molecule has 29 heavy (non-hydrogen) atoms. The van der Waals surface area contributed by atoms with E-state index < -0.39 is 0 Å². The van der Waals surface area contributed by atoms with E-state index in [1.807, 2.05) is 42.4 Å². The van der Waals surface area contributed by atoms with Crippen molar-refractivity contribution in [2.45, 2.75) is 32.8 Å². The van der Waals surface area contributed by atoms with Crippen LogP contribution in [0.5, 0.6) is 5.75 Å². The van der Waals surface area contributed by atoms with Crippen molar-refractivity contribution in [2.24, 2.45) is 0 Å². The molecule has 0 atom stereocenters. The minimum Gasteiger partial charge on any atom is -0.490 e. The number of imidazole rings is 1. The Hall–Kier alpha value is -2.86. The van der Waals surface area contributed by atoms with E-state index in [1.165, 1.54) is 5.56 Å². The Morgan fingerprint density at radius 1 is 1.14 bits per heavy atom. The quantitative estimate of drug-likeness (QED) is 0.641. The molecule has 1 aliphatic heterocycles. The first-order valence-corrected chi connectivity index (χ1v) is 10.2. The first-order valence-electron chi connectivity index (χ1n) is 10.2. The molecule has 6 nitrogen and oxygen atoms in total. The lowest BCUT2D eigenvalue weighted by molar-refractivity contribution is -0.137. The minimum atomic E-state index is 0.0693. The van der Waals surface area contributed by atoms with Crippen LogP contribution in [-0.2, 0) is 9.53 Å². The second-order valence-electron chi connectivity index (χ2n) is 7.35. The van der Waals surface area contributed by atoms with Gasteiger partial charge in [-0.3, -0.25) is 4.79 Å². The number of rotatable bonds is 6. The molecule has 1 aliphatic rings. The van der Waals surface area contributed by atoms with Crippen LogP contribution in [0, 0.1) is 6.92 Å². The predicted molar refractivity (Wildman–Crippen MR) is 112 cm³/mol. The zero-order valence-corrected chi connectivity index (χ0v) is 17.0. The predicted octanol–water partition coefficient (Wildman–Crippen LogP) is 3.72. The number of aryl methyl sites for hydroxylation is 1. The van der Waals surface area contributed by atoms with E-state index in [4.69, 9.17) is 9.47 Å². The van der Waals surface area contributed by atoms with Gasteiger partial charge in [0.2, 0.25) is 5.91 Å². The fraction of sp³-hybridized carbons (Fsp3) is 0.391. The van der Waals surface area contributed by atoms with Gasteiger partial charge in [-0.2, -0.15) is 0 Å². The molecule has 0 N–H and O–H groups in total. The number of carbonyl (C=O) groups excluding carboxylic acids is 1. The van der Waals surface area contributed by atoms with Gasteiger partial charge < -0.3 is 18.8 Å². The molecule has 152 valence electrons. The lowest BCUT2D eigenvalue weighted by Gasteiger charge is -2.32. The lowest BCUT2D eigenvalue weighted by Crippen LogP contribution is -2.43. The third-order valence-electron chi connectivity index (χ3n) is 5.51. The van der Waals surface area contributed by atoms with Crippen LogP contribution in [0.2, 0.25) is 0 Å². The van der Waals surface area contributed by atoms with Crippen molar-refractivity contribution in [2.75, 3.05) is 26.3 Å². The maximum atomic E-state index is 12.0. The standard InChI is InChI=1S/C23H27N3O3/c1-3-28-16-23(27)25-13-10-20(11-14-25)29-19-6-4-18(5-7-19)21-8-9-22-24-12-15-26(22)17(21)2/h4-9,12,15,20H,3,10-11,13-14,16H2,1-2H3. The highest BCUT2D eigenvalue weighted by molar-refractivity contribution is 5.77. The highest BCUT2D eigenvalue weighted by Crippen LogP contribution is 2.27. The van der Waals surface area contributed by atoms with E-state index in [0.717, 1.165) is 48.6 Å². The summed E-state index contributed by atoms with van der Waals surface area (Å²) < 4.78 is 13.5. The summed E-state index contributed by atoms with van der Waals surface area (Å²) in [5.74, 6) is 0.939. The van der Waals surface area contributed by atoms with Gasteiger partial charge >= 0.3 is 0 Å². The topological polar surface area (TPSA) is 56.1 Å². The van der Waals surface area contributed by atoms with Gasteiger partial charge in [0.15, 0.2) is 0 Å². The third kappa shape index (κ3) is 4.27. The Labute approximate surface area is 171 Å². The van der Waals surface area contributed by atoms with Crippen molar-refractivity contribution in [3.05, 3.63) is 54.5 Å². The van der Waals surface area contributed by atoms with Crippen LogP contribution in [0.4, 0.5) is 0 Å². The number of amides is 1. The SMILES string of the molecule is CCOCC(=O)N1CCC(Oc2ccc(-c3ccc4nccn4c3C)cc2)CC1. The van der Waals surface area contributed by atoms with E-state index in [1.54, 1.807) is 0 Å². The fourth-order valence-corrected chi connectivity index (χ4v) is 3.84. The Morgan fingerprint density at radius 3 is 2.62 bits per heavy atom. The van der Waals surface area contributed by atoms with Gasteiger partial charge in [0, 0.05) is 56.2 Å². The van der Waals surface area contributed by atoms with Crippen LogP contribution < -0.4 is 4.74 Å². The van der Waals surface area contributed by atoms with E-state index in [2.05, 4.69) is 34.5 Å². The molecule has 6 heteroatoms. The summed E-state index contributed by atoms with van der Waals surface area (Å²) in [5.41, 5.74) is 4.46. The number of carbonyl (C=O) groups is 1. The first kappa shape index (κ1) is 19.5. The summed E-state index contributed by atoms with van der Waals surface area (Å²) in [4.78, 5) is 18.2. The van der Waals surface area contributed by atoms with E-state index in [9.17, 15) is 4.79 Å². The molecule has 0 unspecified atom stereocenters. The molecule has 4 rings (SSSR count). The highest BCUT2D eigenvalue weighted by Gasteiger charge is 2.23. The number of fused-ring (bicyclic) bond motifs is 1. The smallest absolute Gasteiger partial charge is 0.248 e. The largest absolute Gasteiger partial charge is 0.490 e. The van der Waals surface area contributed by atoms with Crippen molar-refractivity contribution >= 4 is 11.6 Å². The van der Waals surface area contributed by atoms with Crippen molar-refractivity contribution in [3.8, 4) is 16.9 Å². The monoisotopic (exact) mass is 393 g/mol. The molecule has 0 bridgehead atoms. The molecular formula is C23H27N3O3. The van der Waals surface area contributed by atoms with E-state index >= 15 is 0 Å².